The second-order valence-corrected chi connectivity index (χ2v) is 22.6. The number of phenols is 1. The molecular weight excluding hydrogens is 1190 g/mol. The van der Waals surface area contributed by atoms with Gasteiger partial charge in [0.25, 0.3) is 0 Å². The lowest BCUT2D eigenvalue weighted by Crippen LogP contribution is -2.58. The number of aromatic hydroxyl groups is 1. The first-order valence-electron chi connectivity index (χ1n) is 29.6. The van der Waals surface area contributed by atoms with Crippen molar-refractivity contribution in [1.29, 1.82) is 0 Å². The molecule has 0 bridgehead atoms. The van der Waals surface area contributed by atoms with Crippen molar-refractivity contribution in [3.63, 3.8) is 0 Å². The van der Waals surface area contributed by atoms with E-state index in [9.17, 15) is 77.3 Å². The number of nitrogens with one attached hydrogen (secondary N) is 10. The Balaban J connectivity index is 1.25. The van der Waals surface area contributed by atoms with E-state index in [-0.39, 0.29) is 133 Å². The molecule has 13 amide bonds. The van der Waals surface area contributed by atoms with E-state index in [0.29, 0.717) is 30.4 Å². The highest BCUT2D eigenvalue weighted by Crippen LogP contribution is 2.26. The van der Waals surface area contributed by atoms with Crippen molar-refractivity contribution in [3.8, 4) is 5.75 Å². The summed E-state index contributed by atoms with van der Waals surface area (Å²) in [6.45, 7) is -0.647. The molecule has 0 radical (unpaired) electrons. The van der Waals surface area contributed by atoms with Crippen LogP contribution < -0.4 is 70.4 Å². The molecular formula is C58H83N15O16S. The van der Waals surface area contributed by atoms with Gasteiger partial charge < -0.3 is 80.6 Å². The number of aliphatic imine (C=N–C) groups is 1. The number of carboxylic acid groups (broad SMARTS) is 1. The molecule has 2 saturated heterocycles. The molecule has 7 atom stereocenters. The number of guanidine groups is 1. The molecule has 31 nitrogen and oxygen atoms in total. The highest BCUT2D eigenvalue weighted by Gasteiger charge is 2.40. The first-order valence-corrected chi connectivity index (χ1v) is 30.6. The summed E-state index contributed by atoms with van der Waals surface area (Å²) >= 11 is 0.949. The SMILES string of the molecule is CNC(=O)CCCC(=O)N[C@H](Cc1ccc(O)cc1)C(=O)NCCCCCC(=O)NC(CSC1CC(=O)N(CCC(=O)NCCCCC2NC(=O)[C@@H](Cc3ccccc3)NC(=O)[C@@H](CC(=O)O)NC(=O)CNC(=O)C(CCCN=C(N)N)NC2=O)C1=O)C(N)=O. The van der Waals surface area contributed by atoms with Gasteiger partial charge >= 0.3 is 5.97 Å². The number of phenolic OH excluding ortho intramolecular Hbond substituents is 1. The maximum Gasteiger partial charge on any atom is 0.305 e. The fraction of sp³-hybridized carbons (Fsp3) is 0.534. The number of thioether (sulfide) groups is 1. The number of unbranched alkanes of at least 4 members (excludes halogenated alkanes) is 3. The lowest BCUT2D eigenvalue weighted by molar-refractivity contribution is -0.141. The van der Waals surface area contributed by atoms with E-state index in [0.717, 1.165) is 16.7 Å². The zero-order valence-corrected chi connectivity index (χ0v) is 51.0. The Bertz CT molecular complexity index is 2880. The van der Waals surface area contributed by atoms with Crippen LogP contribution in [0.4, 0.5) is 0 Å². The number of benzene rings is 2. The summed E-state index contributed by atoms with van der Waals surface area (Å²) in [7, 11) is 1.49. The molecule has 0 saturated carbocycles. The van der Waals surface area contributed by atoms with E-state index in [1.165, 1.54) is 19.2 Å². The van der Waals surface area contributed by atoms with Crippen molar-refractivity contribution in [2.24, 2.45) is 22.2 Å². The molecule has 4 unspecified atom stereocenters. The molecule has 90 heavy (non-hydrogen) atoms. The molecule has 492 valence electrons. The maximum absolute atomic E-state index is 14.1. The Kier molecular flexibility index (Phi) is 31.5. The lowest BCUT2D eigenvalue weighted by Gasteiger charge is -2.26. The number of nitrogens with two attached hydrogens (primary N) is 3. The van der Waals surface area contributed by atoms with Gasteiger partial charge in [-0.3, -0.25) is 77.0 Å². The first-order chi connectivity index (χ1) is 42.9. The molecule has 2 aliphatic heterocycles. The standard InChI is InChI=1S/C58H83N15O16S/c1-62-44(75)17-10-18-47(78)67-39(29-35-19-21-36(74)22-20-35)53(85)64-25-8-3-6-16-46(77)69-42(51(59)83)33-90-43-31-49(80)73(57(43)89)27-23-45(76)63-24-9-7-14-38-54(86)70-37(15-11-26-65-58(60)61)52(84)66-32-48(79)68-41(30-50(81)82)56(88)72-40(55(87)71-38)28-34-12-4-2-5-13-34/h2,4-5,12-13,19-22,37-43,74H,3,6-11,14-18,23-33H2,1H3,(H2,59,83)(H,62,75)(H,63,76)(H,64,85)(H,66,84)(H,67,78)(H,68,79)(H,69,77)(H,70,86)(H,71,87)(H,72,88)(H,81,82)(H4,60,61,65)/t37?,38?,39-,40-,41-,42?,43?/m1/s1. The normalized spacial score (nSPS) is 18.7. The van der Waals surface area contributed by atoms with E-state index in [1.807, 2.05) is 0 Å². The van der Waals surface area contributed by atoms with Gasteiger partial charge in [-0.1, -0.05) is 48.9 Å². The Morgan fingerprint density at radius 3 is 1.91 bits per heavy atom. The number of imide groups is 1. The van der Waals surface area contributed by atoms with Crippen LogP contribution in [0.1, 0.15) is 107 Å². The summed E-state index contributed by atoms with van der Waals surface area (Å²) in [5.74, 6) is -10.3. The van der Waals surface area contributed by atoms with Crippen molar-refractivity contribution < 1.29 is 77.3 Å². The predicted octanol–water partition coefficient (Wildman–Crippen LogP) is -3.64. The topological polar surface area (TPSA) is 493 Å². The quantitative estimate of drug-likeness (QED) is 0.0137. The summed E-state index contributed by atoms with van der Waals surface area (Å²) in [6, 6.07) is 6.81. The van der Waals surface area contributed by atoms with Crippen LogP contribution in [0.3, 0.4) is 0 Å². The van der Waals surface area contributed by atoms with Gasteiger partial charge in [-0.2, -0.15) is 0 Å². The van der Waals surface area contributed by atoms with Crippen LogP contribution in [0, 0.1) is 0 Å². The smallest absolute Gasteiger partial charge is 0.305 e. The highest BCUT2D eigenvalue weighted by atomic mass is 32.2. The first kappa shape index (κ1) is 73.1. The van der Waals surface area contributed by atoms with E-state index >= 15 is 0 Å². The third-order valence-corrected chi connectivity index (χ3v) is 15.5. The van der Waals surface area contributed by atoms with Gasteiger partial charge in [0.2, 0.25) is 76.8 Å². The number of rotatable bonds is 35. The minimum Gasteiger partial charge on any atom is -0.508 e. The second-order valence-electron chi connectivity index (χ2n) is 21.4. The van der Waals surface area contributed by atoms with Gasteiger partial charge in [0, 0.05) is 83.9 Å². The zero-order valence-electron chi connectivity index (χ0n) is 50.1. The number of nitrogens with zero attached hydrogens (tertiary/aromatic N) is 2. The van der Waals surface area contributed by atoms with Crippen LogP contribution in [0.5, 0.6) is 5.75 Å². The van der Waals surface area contributed by atoms with Gasteiger partial charge in [0.1, 0.15) is 42.0 Å². The van der Waals surface area contributed by atoms with E-state index in [2.05, 4.69) is 58.2 Å². The second kappa shape index (κ2) is 38.8. The Morgan fingerprint density at radius 1 is 0.644 bits per heavy atom. The fourth-order valence-electron chi connectivity index (χ4n) is 9.33. The lowest BCUT2D eigenvalue weighted by atomic mass is 10.0. The molecule has 2 aromatic carbocycles. The van der Waals surface area contributed by atoms with Gasteiger partial charge in [-0.25, -0.2) is 0 Å². The van der Waals surface area contributed by atoms with Crippen LogP contribution in [0.2, 0.25) is 0 Å². The number of amides is 13. The van der Waals surface area contributed by atoms with E-state index in [4.69, 9.17) is 17.2 Å². The summed E-state index contributed by atoms with van der Waals surface area (Å²) < 4.78 is 0. The van der Waals surface area contributed by atoms with Gasteiger partial charge in [-0.05, 0) is 74.6 Å². The number of carboxylic acids is 1. The number of aliphatic carboxylic acids is 1. The van der Waals surface area contributed by atoms with E-state index < -0.39 is 131 Å². The molecule has 0 aromatic heterocycles. The van der Waals surface area contributed by atoms with Crippen molar-refractivity contribution in [2.45, 2.75) is 151 Å². The van der Waals surface area contributed by atoms with Crippen molar-refractivity contribution in [1.82, 2.24) is 58.1 Å². The molecule has 4 rings (SSSR count). The number of likely N-dealkylation sites (tertiary alicyclic amines) is 1. The molecule has 18 N–H and O–H groups in total. The third kappa shape index (κ3) is 27.4. The average Bonchev–Trinajstić information content (AvgIpc) is 2.79. The van der Waals surface area contributed by atoms with Crippen LogP contribution in [0.15, 0.2) is 59.6 Å². The van der Waals surface area contributed by atoms with Gasteiger partial charge in [0.15, 0.2) is 5.96 Å². The molecule has 0 aliphatic carbocycles. The fourth-order valence-corrected chi connectivity index (χ4v) is 10.5. The number of carbonyl (C=O) groups is 14. The van der Waals surface area contributed by atoms with E-state index in [1.54, 1.807) is 42.5 Å². The largest absolute Gasteiger partial charge is 0.508 e. The molecule has 2 heterocycles. The molecule has 2 aliphatic rings. The van der Waals surface area contributed by atoms with Crippen molar-refractivity contribution in [2.75, 3.05) is 45.5 Å². The minimum atomic E-state index is -1.67. The Morgan fingerprint density at radius 2 is 1.24 bits per heavy atom. The van der Waals surface area contributed by atoms with Crippen LogP contribution in [0.25, 0.3) is 0 Å². The zero-order chi connectivity index (χ0) is 66.1. The minimum absolute atomic E-state index is 0.00130. The summed E-state index contributed by atoms with van der Waals surface area (Å²) in [5, 5.41) is 44.0. The predicted molar refractivity (Wildman–Crippen MR) is 326 cm³/mol. The monoisotopic (exact) mass is 1280 g/mol. The molecule has 32 heteroatoms. The van der Waals surface area contributed by atoms with Gasteiger partial charge in [0.05, 0.1) is 18.2 Å². The van der Waals surface area contributed by atoms with Gasteiger partial charge in [-0.15, -0.1) is 11.8 Å². The number of primary amides is 1. The van der Waals surface area contributed by atoms with Crippen molar-refractivity contribution >= 4 is 100 Å². The Hall–Kier alpha value is -9.36. The van der Waals surface area contributed by atoms with Crippen LogP contribution >= 0.6 is 11.8 Å². The summed E-state index contributed by atoms with van der Waals surface area (Å²) in [5.41, 5.74) is 17.7. The third-order valence-electron chi connectivity index (χ3n) is 14.2. The molecule has 0 spiro atoms. The van der Waals surface area contributed by atoms with Crippen LogP contribution in [-0.4, -0.2) is 191 Å². The molecule has 2 fully saturated rings. The summed E-state index contributed by atoms with van der Waals surface area (Å²) in [6.07, 6.45) is 0.915. The summed E-state index contributed by atoms with van der Waals surface area (Å²) in [4.78, 5) is 187. The number of hydrogen-bond acceptors (Lipinski definition) is 17. The maximum atomic E-state index is 14.1. The number of carbonyl (C=O) groups excluding carboxylic acids is 13. The van der Waals surface area contributed by atoms with Crippen molar-refractivity contribution in [3.05, 3.63) is 65.7 Å². The Labute approximate surface area is 523 Å². The van der Waals surface area contributed by atoms with Crippen LogP contribution in [-0.2, 0) is 80.0 Å². The highest BCUT2D eigenvalue weighted by molar-refractivity contribution is 8.00. The molecule has 2 aromatic rings. The average molecular weight is 1280 g/mol. The number of hydrogen-bond donors (Lipinski definition) is 15.